The van der Waals surface area contributed by atoms with Crippen molar-refractivity contribution in [3.8, 4) is 0 Å². The van der Waals surface area contributed by atoms with Crippen LogP contribution in [0.15, 0.2) is 12.3 Å². The molecule has 0 unspecified atom stereocenters. The van der Waals surface area contributed by atoms with Gasteiger partial charge in [0.2, 0.25) is 0 Å². The Labute approximate surface area is 64.6 Å². The lowest BCUT2D eigenvalue weighted by Gasteiger charge is -1.98. The maximum Gasteiger partial charge on any atom is 0.324 e. The van der Waals surface area contributed by atoms with Crippen LogP contribution >= 0.6 is 0 Å². The van der Waals surface area contributed by atoms with Crippen LogP contribution in [0.2, 0.25) is 0 Å². The normalized spacial score (nSPS) is 13.3. The van der Waals surface area contributed by atoms with Crippen molar-refractivity contribution in [3.63, 3.8) is 0 Å². The van der Waals surface area contributed by atoms with Crippen molar-refractivity contribution in [1.29, 1.82) is 0 Å². The molecule has 0 aromatic carbocycles. The quantitative estimate of drug-likeness (QED) is 0.350. The zero-order valence-electron chi connectivity index (χ0n) is 6.06. The lowest BCUT2D eigenvalue weighted by molar-refractivity contribution is -0.137. The molecule has 0 aliphatic rings. The lowest BCUT2D eigenvalue weighted by Crippen LogP contribution is -2.27. The van der Waals surface area contributed by atoms with Crippen molar-refractivity contribution >= 4 is 5.97 Å². The molecule has 5 heteroatoms. The number of ether oxygens (including phenoxy) is 1. The third kappa shape index (κ3) is 5.38. The molecule has 64 valence electrons. The molecular formula is C6H12N2O3. The van der Waals surface area contributed by atoms with Gasteiger partial charge in [0.1, 0.15) is 6.04 Å². The van der Waals surface area contributed by atoms with E-state index in [4.69, 9.17) is 21.3 Å². The van der Waals surface area contributed by atoms with E-state index in [0.717, 1.165) is 0 Å². The van der Waals surface area contributed by atoms with Gasteiger partial charge in [0.05, 0.1) is 12.9 Å². The Balaban J connectivity index is 3.48. The molecule has 0 spiro atoms. The Morgan fingerprint density at radius 2 is 2.36 bits per heavy atom. The van der Waals surface area contributed by atoms with Crippen LogP contribution in [-0.4, -0.2) is 30.3 Å². The fraction of sp³-hybridized carbons (Fsp3) is 0.500. The first-order valence-corrected chi connectivity index (χ1v) is 3.15. The number of aliphatic carboxylic acids is 1. The summed E-state index contributed by atoms with van der Waals surface area (Å²) in [5, 5.41) is 8.28. The SMILES string of the molecule is NCCO/C=C\[C@@H](N)C(=O)O. The second-order valence-electron chi connectivity index (χ2n) is 1.85. The first-order chi connectivity index (χ1) is 5.18. The second kappa shape index (κ2) is 5.70. The largest absolute Gasteiger partial charge is 0.500 e. The molecule has 0 radical (unpaired) electrons. The van der Waals surface area contributed by atoms with Crippen LogP contribution in [0, 0.1) is 0 Å². The smallest absolute Gasteiger partial charge is 0.324 e. The van der Waals surface area contributed by atoms with Gasteiger partial charge in [-0.05, 0) is 6.08 Å². The molecule has 1 atom stereocenters. The van der Waals surface area contributed by atoms with Crippen LogP contribution in [0.5, 0.6) is 0 Å². The molecule has 0 aromatic rings. The molecule has 0 amide bonds. The highest BCUT2D eigenvalue weighted by atomic mass is 16.5. The number of carboxylic acid groups (broad SMARTS) is 1. The van der Waals surface area contributed by atoms with E-state index in [1.807, 2.05) is 0 Å². The molecule has 0 fully saturated rings. The maximum atomic E-state index is 10.1. The van der Waals surface area contributed by atoms with Crippen LogP contribution in [0.25, 0.3) is 0 Å². The molecule has 0 bridgehead atoms. The molecule has 11 heavy (non-hydrogen) atoms. The number of nitrogens with two attached hydrogens (primary N) is 2. The highest BCUT2D eigenvalue weighted by Crippen LogP contribution is 1.83. The van der Waals surface area contributed by atoms with E-state index in [-0.39, 0.29) is 0 Å². The van der Waals surface area contributed by atoms with Crippen LogP contribution in [0.3, 0.4) is 0 Å². The van der Waals surface area contributed by atoms with Gasteiger partial charge >= 0.3 is 5.97 Å². The molecule has 0 aliphatic heterocycles. The molecule has 0 aromatic heterocycles. The van der Waals surface area contributed by atoms with Gasteiger partial charge < -0.3 is 21.3 Å². The Hall–Kier alpha value is -1.07. The van der Waals surface area contributed by atoms with Crippen LogP contribution in [-0.2, 0) is 9.53 Å². The standard InChI is InChI=1S/C6H12N2O3/c7-2-4-11-3-1-5(8)6(9)10/h1,3,5H,2,4,7-8H2,(H,9,10)/b3-1-/t5-/m1/s1. The summed E-state index contributed by atoms with van der Waals surface area (Å²) in [6, 6.07) is -1.01. The second-order valence-corrected chi connectivity index (χ2v) is 1.85. The summed E-state index contributed by atoms with van der Waals surface area (Å²) in [5.41, 5.74) is 10.2. The molecule has 0 rings (SSSR count). The summed E-state index contributed by atoms with van der Waals surface area (Å²) >= 11 is 0. The summed E-state index contributed by atoms with van der Waals surface area (Å²) in [7, 11) is 0. The Morgan fingerprint density at radius 1 is 1.73 bits per heavy atom. The minimum Gasteiger partial charge on any atom is -0.500 e. The van der Waals surface area contributed by atoms with E-state index in [9.17, 15) is 4.79 Å². The van der Waals surface area contributed by atoms with E-state index in [1.165, 1.54) is 12.3 Å². The van der Waals surface area contributed by atoms with Gasteiger partial charge in [0.25, 0.3) is 0 Å². The summed E-state index contributed by atoms with van der Waals surface area (Å²) in [4.78, 5) is 10.1. The fourth-order valence-electron chi connectivity index (χ4n) is 0.359. The molecule has 0 heterocycles. The van der Waals surface area contributed by atoms with Crippen molar-refractivity contribution in [2.45, 2.75) is 6.04 Å². The number of hydrogen-bond acceptors (Lipinski definition) is 4. The monoisotopic (exact) mass is 160 g/mol. The predicted octanol–water partition coefficient (Wildman–Crippen LogP) is -1.11. The summed E-state index contributed by atoms with van der Waals surface area (Å²) < 4.78 is 4.75. The van der Waals surface area contributed by atoms with Gasteiger partial charge in [-0.1, -0.05) is 0 Å². The number of carbonyl (C=O) groups is 1. The van der Waals surface area contributed by atoms with Crippen molar-refractivity contribution < 1.29 is 14.6 Å². The van der Waals surface area contributed by atoms with Crippen molar-refractivity contribution in [3.05, 3.63) is 12.3 Å². The van der Waals surface area contributed by atoms with Gasteiger partial charge in [-0.25, -0.2) is 0 Å². The van der Waals surface area contributed by atoms with E-state index in [2.05, 4.69) is 0 Å². The van der Waals surface area contributed by atoms with Crippen molar-refractivity contribution in [2.75, 3.05) is 13.2 Å². The van der Waals surface area contributed by atoms with Crippen molar-refractivity contribution in [2.24, 2.45) is 11.5 Å². The first kappa shape index (κ1) is 9.93. The average molecular weight is 160 g/mol. The van der Waals surface area contributed by atoms with Crippen molar-refractivity contribution in [1.82, 2.24) is 0 Å². The van der Waals surface area contributed by atoms with Gasteiger partial charge in [-0.2, -0.15) is 0 Å². The van der Waals surface area contributed by atoms with Gasteiger partial charge in [0, 0.05) is 6.54 Å². The highest BCUT2D eigenvalue weighted by Gasteiger charge is 2.05. The van der Waals surface area contributed by atoms with Gasteiger partial charge in [-0.3, -0.25) is 4.79 Å². The fourth-order valence-corrected chi connectivity index (χ4v) is 0.359. The average Bonchev–Trinajstić information content (AvgIpc) is 1.97. The lowest BCUT2D eigenvalue weighted by atomic mass is 10.3. The van der Waals surface area contributed by atoms with E-state index < -0.39 is 12.0 Å². The van der Waals surface area contributed by atoms with Gasteiger partial charge in [-0.15, -0.1) is 0 Å². The number of carboxylic acids is 1. The third-order valence-corrected chi connectivity index (χ3v) is 0.903. The molecule has 0 saturated heterocycles. The first-order valence-electron chi connectivity index (χ1n) is 3.15. The molecular weight excluding hydrogens is 148 g/mol. The Kier molecular flexibility index (Phi) is 5.14. The predicted molar refractivity (Wildman–Crippen MR) is 39.8 cm³/mol. The van der Waals surface area contributed by atoms with E-state index in [0.29, 0.717) is 13.2 Å². The zero-order valence-corrected chi connectivity index (χ0v) is 6.06. The van der Waals surface area contributed by atoms with Crippen LogP contribution < -0.4 is 11.5 Å². The summed E-state index contributed by atoms with van der Waals surface area (Å²) in [6.07, 6.45) is 2.49. The number of rotatable bonds is 5. The summed E-state index contributed by atoms with van der Waals surface area (Å²) in [5.74, 6) is -1.09. The minimum absolute atomic E-state index is 0.364. The summed E-state index contributed by atoms with van der Waals surface area (Å²) in [6.45, 7) is 0.759. The molecule has 5 nitrogen and oxygen atoms in total. The Bertz CT molecular complexity index is 147. The Morgan fingerprint density at radius 3 is 2.82 bits per heavy atom. The van der Waals surface area contributed by atoms with Crippen LogP contribution in [0.4, 0.5) is 0 Å². The maximum absolute atomic E-state index is 10.1. The zero-order chi connectivity index (χ0) is 8.69. The van der Waals surface area contributed by atoms with E-state index in [1.54, 1.807) is 0 Å². The number of hydrogen-bond donors (Lipinski definition) is 3. The molecule has 0 aliphatic carbocycles. The third-order valence-electron chi connectivity index (χ3n) is 0.903. The topological polar surface area (TPSA) is 98.6 Å². The highest BCUT2D eigenvalue weighted by molar-refractivity contribution is 5.75. The van der Waals surface area contributed by atoms with E-state index >= 15 is 0 Å². The minimum atomic E-state index is -1.09. The van der Waals surface area contributed by atoms with Gasteiger partial charge in [0.15, 0.2) is 0 Å². The molecule has 0 saturated carbocycles. The van der Waals surface area contributed by atoms with Crippen LogP contribution in [0.1, 0.15) is 0 Å². The molecule has 5 N–H and O–H groups in total.